The number of ketones is 1. The highest BCUT2D eigenvalue weighted by Crippen LogP contribution is 2.32. The van der Waals surface area contributed by atoms with Crippen LogP contribution < -0.4 is 15.8 Å². The van der Waals surface area contributed by atoms with Gasteiger partial charge in [-0.15, -0.1) is 12.4 Å². The van der Waals surface area contributed by atoms with Crippen molar-refractivity contribution in [3.63, 3.8) is 0 Å². The van der Waals surface area contributed by atoms with Crippen LogP contribution in [-0.4, -0.2) is 30.9 Å². The van der Waals surface area contributed by atoms with Crippen molar-refractivity contribution in [1.29, 1.82) is 0 Å². The van der Waals surface area contributed by atoms with Crippen molar-refractivity contribution >= 4 is 24.1 Å². The monoisotopic (exact) mass is 312 g/mol. The Morgan fingerprint density at radius 2 is 2.14 bits per heavy atom. The minimum atomic E-state index is -0.180. The molecule has 21 heavy (non-hydrogen) atoms. The number of nitrogens with one attached hydrogen (secondary N) is 1. The van der Waals surface area contributed by atoms with Crippen LogP contribution in [0.25, 0.3) is 0 Å². The van der Waals surface area contributed by atoms with Crippen LogP contribution in [0.4, 0.5) is 0 Å². The minimum Gasteiger partial charge on any atom is -0.484 e. The van der Waals surface area contributed by atoms with E-state index in [0.717, 1.165) is 12.8 Å². The zero-order valence-corrected chi connectivity index (χ0v) is 12.8. The van der Waals surface area contributed by atoms with Crippen LogP contribution >= 0.6 is 12.4 Å². The van der Waals surface area contributed by atoms with E-state index in [0.29, 0.717) is 23.8 Å². The average Bonchev–Trinajstić information content (AvgIpc) is 3.27. The molecule has 1 aliphatic carbocycles. The van der Waals surface area contributed by atoms with E-state index in [1.165, 1.54) is 6.92 Å². The second-order valence-corrected chi connectivity index (χ2v) is 5.12. The van der Waals surface area contributed by atoms with E-state index in [2.05, 4.69) is 5.32 Å². The standard InChI is InChI=1S/C15H20N2O3.ClH/c1-10(18)12-3-2-4-13(7-12)20-9-15(19)17-14(8-16)11-5-6-11;/h2-4,7,11,14H,5-6,8-9,16H2,1H3,(H,17,19);1H. The fourth-order valence-electron chi connectivity index (χ4n) is 2.07. The van der Waals surface area contributed by atoms with Crippen molar-refractivity contribution in [2.24, 2.45) is 11.7 Å². The molecule has 2 rings (SSSR count). The lowest BCUT2D eigenvalue weighted by atomic mass is 10.1. The summed E-state index contributed by atoms with van der Waals surface area (Å²) in [6.45, 7) is 1.88. The highest BCUT2D eigenvalue weighted by Gasteiger charge is 2.31. The number of carbonyl (C=O) groups excluding carboxylic acids is 2. The summed E-state index contributed by atoms with van der Waals surface area (Å²) in [6.07, 6.45) is 2.26. The first-order valence-corrected chi connectivity index (χ1v) is 6.83. The van der Waals surface area contributed by atoms with Crippen LogP contribution in [0.1, 0.15) is 30.1 Å². The quantitative estimate of drug-likeness (QED) is 0.748. The summed E-state index contributed by atoms with van der Waals surface area (Å²) in [5, 5.41) is 2.88. The Bertz CT molecular complexity index is 503. The molecule has 1 aromatic carbocycles. The van der Waals surface area contributed by atoms with Gasteiger partial charge in [-0.3, -0.25) is 9.59 Å². The molecule has 1 aromatic rings. The minimum absolute atomic E-state index is 0. The van der Waals surface area contributed by atoms with Gasteiger partial charge >= 0.3 is 0 Å². The van der Waals surface area contributed by atoms with Crippen molar-refractivity contribution in [3.8, 4) is 5.75 Å². The number of benzene rings is 1. The second kappa shape index (κ2) is 8.00. The van der Waals surface area contributed by atoms with Crippen LogP contribution in [0.5, 0.6) is 5.75 Å². The lowest BCUT2D eigenvalue weighted by Gasteiger charge is -2.16. The number of ether oxygens (including phenoxy) is 1. The van der Waals surface area contributed by atoms with Crippen LogP contribution in [-0.2, 0) is 4.79 Å². The normalized spacial score (nSPS) is 14.8. The van der Waals surface area contributed by atoms with E-state index in [1.807, 2.05) is 0 Å². The largest absolute Gasteiger partial charge is 0.484 e. The molecular weight excluding hydrogens is 292 g/mol. The number of carbonyl (C=O) groups is 2. The molecule has 1 saturated carbocycles. The van der Waals surface area contributed by atoms with E-state index in [9.17, 15) is 9.59 Å². The maximum absolute atomic E-state index is 11.8. The summed E-state index contributed by atoms with van der Waals surface area (Å²) in [6, 6.07) is 6.86. The first kappa shape index (κ1) is 17.5. The van der Waals surface area contributed by atoms with E-state index in [4.69, 9.17) is 10.5 Å². The third-order valence-corrected chi connectivity index (χ3v) is 3.40. The number of hydrogen-bond donors (Lipinski definition) is 2. The Labute approximate surface area is 130 Å². The zero-order valence-electron chi connectivity index (χ0n) is 12.0. The molecular formula is C15H21ClN2O3. The predicted molar refractivity (Wildman–Crippen MR) is 82.9 cm³/mol. The molecule has 6 heteroatoms. The highest BCUT2D eigenvalue weighted by atomic mass is 35.5. The Morgan fingerprint density at radius 1 is 1.43 bits per heavy atom. The van der Waals surface area contributed by atoms with Gasteiger partial charge in [0.05, 0.1) is 0 Å². The van der Waals surface area contributed by atoms with E-state index >= 15 is 0 Å². The third kappa shape index (κ3) is 5.36. The lowest BCUT2D eigenvalue weighted by molar-refractivity contribution is -0.123. The smallest absolute Gasteiger partial charge is 0.258 e. The number of rotatable bonds is 7. The van der Waals surface area contributed by atoms with Gasteiger partial charge in [0.1, 0.15) is 5.75 Å². The molecule has 1 amide bonds. The third-order valence-electron chi connectivity index (χ3n) is 3.40. The van der Waals surface area contributed by atoms with Gasteiger partial charge in [-0.2, -0.15) is 0 Å². The summed E-state index contributed by atoms with van der Waals surface area (Å²) >= 11 is 0. The van der Waals surface area contributed by atoms with Crippen molar-refractivity contribution in [3.05, 3.63) is 29.8 Å². The number of amides is 1. The van der Waals surface area contributed by atoms with Crippen LogP contribution in [0.15, 0.2) is 24.3 Å². The van der Waals surface area contributed by atoms with Gasteiger partial charge in [-0.25, -0.2) is 0 Å². The molecule has 3 N–H and O–H groups in total. The predicted octanol–water partition coefficient (Wildman–Crippen LogP) is 1.54. The molecule has 0 bridgehead atoms. The van der Waals surface area contributed by atoms with Crippen molar-refractivity contribution < 1.29 is 14.3 Å². The zero-order chi connectivity index (χ0) is 14.5. The molecule has 0 aliphatic heterocycles. The Hall–Kier alpha value is -1.59. The molecule has 1 unspecified atom stereocenters. The van der Waals surface area contributed by atoms with Crippen molar-refractivity contribution in [2.45, 2.75) is 25.8 Å². The summed E-state index contributed by atoms with van der Waals surface area (Å²) in [5.41, 5.74) is 6.20. The number of hydrogen-bond acceptors (Lipinski definition) is 4. The molecule has 0 aromatic heterocycles. The Balaban J connectivity index is 0.00000220. The molecule has 116 valence electrons. The van der Waals surface area contributed by atoms with Gasteiger partial charge in [0.15, 0.2) is 12.4 Å². The lowest BCUT2D eigenvalue weighted by Crippen LogP contribution is -2.43. The van der Waals surface area contributed by atoms with Gasteiger partial charge in [-0.1, -0.05) is 12.1 Å². The van der Waals surface area contributed by atoms with Crippen molar-refractivity contribution in [2.75, 3.05) is 13.2 Å². The van der Waals surface area contributed by atoms with Crippen LogP contribution in [0, 0.1) is 5.92 Å². The SMILES string of the molecule is CC(=O)c1cccc(OCC(=O)NC(CN)C2CC2)c1.Cl. The van der Waals surface area contributed by atoms with E-state index in [1.54, 1.807) is 24.3 Å². The van der Waals surface area contributed by atoms with Gasteiger partial charge in [-0.05, 0) is 37.8 Å². The fraction of sp³-hybridized carbons (Fsp3) is 0.467. The van der Waals surface area contributed by atoms with Gasteiger partial charge in [0.2, 0.25) is 0 Å². The Kier molecular flexibility index (Phi) is 6.65. The van der Waals surface area contributed by atoms with Gasteiger partial charge in [0.25, 0.3) is 5.91 Å². The van der Waals surface area contributed by atoms with E-state index < -0.39 is 0 Å². The molecule has 1 fully saturated rings. The second-order valence-electron chi connectivity index (χ2n) is 5.12. The molecule has 0 spiro atoms. The topological polar surface area (TPSA) is 81.4 Å². The summed E-state index contributed by atoms with van der Waals surface area (Å²) in [7, 11) is 0. The van der Waals surface area contributed by atoms with Crippen LogP contribution in [0.3, 0.4) is 0 Å². The fourth-order valence-corrected chi connectivity index (χ4v) is 2.07. The summed E-state index contributed by atoms with van der Waals surface area (Å²) < 4.78 is 5.40. The van der Waals surface area contributed by atoms with Crippen LogP contribution in [0.2, 0.25) is 0 Å². The molecule has 5 nitrogen and oxygen atoms in total. The molecule has 0 heterocycles. The first-order valence-electron chi connectivity index (χ1n) is 6.83. The Morgan fingerprint density at radius 3 is 2.71 bits per heavy atom. The van der Waals surface area contributed by atoms with Gasteiger partial charge < -0.3 is 15.8 Å². The average molecular weight is 313 g/mol. The molecule has 1 atom stereocenters. The number of Topliss-reactive ketones (excluding diaryl/α,β-unsaturated/α-hetero) is 1. The maximum atomic E-state index is 11.8. The first-order chi connectivity index (χ1) is 9.60. The highest BCUT2D eigenvalue weighted by molar-refractivity contribution is 5.94. The summed E-state index contributed by atoms with van der Waals surface area (Å²) in [4.78, 5) is 23.0. The molecule has 0 radical (unpaired) electrons. The van der Waals surface area contributed by atoms with E-state index in [-0.39, 0.29) is 36.7 Å². The maximum Gasteiger partial charge on any atom is 0.258 e. The molecule has 0 saturated heterocycles. The number of halogens is 1. The molecule has 1 aliphatic rings. The van der Waals surface area contributed by atoms with Crippen molar-refractivity contribution in [1.82, 2.24) is 5.32 Å². The number of nitrogens with two attached hydrogens (primary N) is 1. The summed E-state index contributed by atoms with van der Waals surface area (Å²) in [5.74, 6) is 0.825. The van der Waals surface area contributed by atoms with Gasteiger partial charge in [0, 0.05) is 18.2 Å².